The molecule has 2 aromatic carbocycles. The van der Waals surface area contributed by atoms with E-state index < -0.39 is 10.8 Å². The molecule has 0 fully saturated rings. The van der Waals surface area contributed by atoms with Crippen LogP contribution in [0, 0.1) is 10.1 Å². The Bertz CT molecular complexity index is 909. The zero-order valence-electron chi connectivity index (χ0n) is 12.1. The lowest BCUT2D eigenvalue weighted by Crippen LogP contribution is -2.13. The minimum atomic E-state index is -0.686. The van der Waals surface area contributed by atoms with Crippen LogP contribution in [0.1, 0.15) is 10.4 Å². The molecule has 0 aliphatic carbocycles. The molecule has 0 atom stereocenters. The Morgan fingerprint density at radius 3 is 2.62 bits per heavy atom. The topological polar surface area (TPSA) is 98.3 Å². The summed E-state index contributed by atoms with van der Waals surface area (Å²) in [5.41, 5.74) is 0.848. The predicted molar refractivity (Wildman–Crippen MR) is 88.0 cm³/mol. The number of halogens is 1. The Kier molecular flexibility index (Phi) is 4.26. The van der Waals surface area contributed by atoms with E-state index in [1.807, 2.05) is 30.3 Å². The fourth-order valence-corrected chi connectivity index (χ4v) is 2.27. The zero-order chi connectivity index (χ0) is 17.1. The molecule has 24 heavy (non-hydrogen) atoms. The standard InChI is InChI=1S/C16H10ClN3O4/c17-11-6-7-12(14(8-11)20(22)23)16(21)18-15-9-13(19-24-15)10-4-2-1-3-5-10/h1-9H,(H,18,21). The second kappa shape index (κ2) is 6.51. The number of nitrogens with zero attached hydrogens (tertiary/aromatic N) is 2. The molecule has 0 bridgehead atoms. The van der Waals surface area contributed by atoms with Gasteiger partial charge in [0.05, 0.1) is 4.92 Å². The van der Waals surface area contributed by atoms with Gasteiger partial charge in [-0.15, -0.1) is 0 Å². The normalized spacial score (nSPS) is 10.4. The molecule has 1 heterocycles. The van der Waals surface area contributed by atoms with Crippen LogP contribution in [0.4, 0.5) is 11.6 Å². The summed E-state index contributed by atoms with van der Waals surface area (Å²) in [6, 6.07) is 14.6. The Balaban J connectivity index is 1.84. The van der Waals surface area contributed by atoms with Gasteiger partial charge in [-0.1, -0.05) is 47.1 Å². The number of aromatic nitrogens is 1. The number of hydrogen-bond acceptors (Lipinski definition) is 5. The third-order valence-corrected chi connectivity index (χ3v) is 3.45. The molecule has 3 rings (SSSR count). The maximum Gasteiger partial charge on any atom is 0.283 e. The summed E-state index contributed by atoms with van der Waals surface area (Å²) in [6.45, 7) is 0. The predicted octanol–water partition coefficient (Wildman–Crippen LogP) is 4.16. The third-order valence-electron chi connectivity index (χ3n) is 3.22. The van der Waals surface area contributed by atoms with Crippen LogP contribution in [0.15, 0.2) is 59.1 Å². The summed E-state index contributed by atoms with van der Waals surface area (Å²) in [7, 11) is 0. The molecule has 0 saturated carbocycles. The van der Waals surface area contributed by atoms with Gasteiger partial charge in [0.2, 0.25) is 5.88 Å². The SMILES string of the molecule is O=C(Nc1cc(-c2ccccc2)no1)c1ccc(Cl)cc1[N+](=O)[O-]. The number of hydrogen-bond donors (Lipinski definition) is 1. The second-order valence-corrected chi connectivity index (χ2v) is 5.25. The average Bonchev–Trinajstić information content (AvgIpc) is 3.04. The molecule has 0 radical (unpaired) electrons. The highest BCUT2D eigenvalue weighted by molar-refractivity contribution is 6.31. The number of nitrogens with one attached hydrogen (secondary N) is 1. The zero-order valence-corrected chi connectivity index (χ0v) is 12.9. The highest BCUT2D eigenvalue weighted by Gasteiger charge is 2.21. The fourth-order valence-electron chi connectivity index (χ4n) is 2.11. The largest absolute Gasteiger partial charge is 0.338 e. The van der Waals surface area contributed by atoms with Crippen molar-refractivity contribution in [3.05, 3.63) is 75.3 Å². The van der Waals surface area contributed by atoms with Crippen LogP contribution in [0.5, 0.6) is 0 Å². The molecule has 0 aliphatic heterocycles. The maximum absolute atomic E-state index is 12.3. The number of rotatable bonds is 4. The Morgan fingerprint density at radius 2 is 1.92 bits per heavy atom. The van der Waals surface area contributed by atoms with Crippen molar-refractivity contribution >= 4 is 29.1 Å². The van der Waals surface area contributed by atoms with Crippen molar-refractivity contribution in [3.8, 4) is 11.3 Å². The number of anilines is 1. The summed E-state index contributed by atoms with van der Waals surface area (Å²) in [5.74, 6) is -0.600. The molecule has 0 spiro atoms. The van der Waals surface area contributed by atoms with E-state index in [2.05, 4.69) is 10.5 Å². The van der Waals surface area contributed by atoms with Crippen LogP contribution in [0.2, 0.25) is 5.02 Å². The van der Waals surface area contributed by atoms with Gasteiger partial charge in [0.15, 0.2) is 0 Å². The number of amides is 1. The average molecular weight is 344 g/mol. The Hall–Kier alpha value is -3.19. The summed E-state index contributed by atoms with van der Waals surface area (Å²) in [6.07, 6.45) is 0. The molecule has 1 N–H and O–H groups in total. The van der Waals surface area contributed by atoms with Gasteiger partial charge in [0.1, 0.15) is 11.3 Å². The minimum absolute atomic E-state index is 0.0862. The highest BCUT2D eigenvalue weighted by Crippen LogP contribution is 2.25. The molecule has 1 aromatic heterocycles. The van der Waals surface area contributed by atoms with E-state index >= 15 is 0 Å². The molecule has 0 aliphatic rings. The first-order valence-corrected chi connectivity index (χ1v) is 7.20. The quantitative estimate of drug-likeness (QED) is 0.566. The van der Waals surface area contributed by atoms with Gasteiger partial charge in [-0.05, 0) is 12.1 Å². The van der Waals surface area contributed by atoms with Crippen LogP contribution in [-0.4, -0.2) is 16.0 Å². The lowest BCUT2D eigenvalue weighted by molar-refractivity contribution is -0.385. The first kappa shape index (κ1) is 15.7. The lowest BCUT2D eigenvalue weighted by atomic mass is 10.1. The number of carbonyl (C=O) groups excluding carboxylic acids is 1. The molecule has 0 saturated heterocycles. The van der Waals surface area contributed by atoms with Crippen molar-refractivity contribution in [1.29, 1.82) is 0 Å². The molecule has 8 heteroatoms. The van der Waals surface area contributed by atoms with Crippen molar-refractivity contribution in [2.24, 2.45) is 0 Å². The van der Waals surface area contributed by atoms with Gasteiger partial charge in [0.25, 0.3) is 11.6 Å². The smallest absolute Gasteiger partial charge is 0.283 e. The molecule has 3 aromatic rings. The van der Waals surface area contributed by atoms with E-state index in [0.29, 0.717) is 5.69 Å². The van der Waals surface area contributed by atoms with E-state index in [9.17, 15) is 14.9 Å². The van der Waals surface area contributed by atoms with Crippen molar-refractivity contribution in [2.75, 3.05) is 5.32 Å². The second-order valence-electron chi connectivity index (χ2n) is 4.82. The van der Waals surface area contributed by atoms with Crippen molar-refractivity contribution < 1.29 is 14.2 Å². The Labute approximate surface area is 141 Å². The molecule has 0 unspecified atom stereocenters. The number of nitro groups is 1. The van der Waals surface area contributed by atoms with Crippen molar-refractivity contribution in [1.82, 2.24) is 5.16 Å². The monoisotopic (exact) mass is 343 g/mol. The highest BCUT2D eigenvalue weighted by atomic mass is 35.5. The van der Waals surface area contributed by atoms with Crippen LogP contribution < -0.4 is 5.32 Å². The van der Waals surface area contributed by atoms with Crippen LogP contribution in [0.3, 0.4) is 0 Å². The van der Waals surface area contributed by atoms with Gasteiger partial charge in [-0.3, -0.25) is 20.2 Å². The first-order valence-electron chi connectivity index (χ1n) is 6.82. The first-order chi connectivity index (χ1) is 11.5. The number of carbonyl (C=O) groups is 1. The van der Waals surface area contributed by atoms with Gasteiger partial charge in [0, 0.05) is 22.7 Å². The van der Waals surface area contributed by atoms with Gasteiger partial charge in [-0.2, -0.15) is 0 Å². The summed E-state index contributed by atoms with van der Waals surface area (Å²) >= 11 is 5.73. The number of benzene rings is 2. The van der Waals surface area contributed by atoms with Crippen LogP contribution >= 0.6 is 11.6 Å². The Morgan fingerprint density at radius 1 is 1.17 bits per heavy atom. The summed E-state index contributed by atoms with van der Waals surface area (Å²) in [5, 5.41) is 17.5. The molecule has 1 amide bonds. The van der Waals surface area contributed by atoms with Crippen molar-refractivity contribution in [3.63, 3.8) is 0 Å². The molecule has 7 nitrogen and oxygen atoms in total. The van der Waals surface area contributed by atoms with Crippen LogP contribution in [0.25, 0.3) is 11.3 Å². The summed E-state index contributed by atoms with van der Waals surface area (Å²) < 4.78 is 5.06. The van der Waals surface area contributed by atoms with E-state index in [1.165, 1.54) is 18.2 Å². The van der Waals surface area contributed by atoms with E-state index in [4.69, 9.17) is 16.1 Å². The van der Waals surface area contributed by atoms with E-state index in [1.54, 1.807) is 0 Å². The maximum atomic E-state index is 12.3. The number of nitro benzene ring substituents is 1. The van der Waals surface area contributed by atoms with Gasteiger partial charge >= 0.3 is 0 Å². The molecular weight excluding hydrogens is 334 g/mol. The van der Waals surface area contributed by atoms with E-state index in [-0.39, 0.29) is 22.2 Å². The van der Waals surface area contributed by atoms with Crippen molar-refractivity contribution in [2.45, 2.75) is 0 Å². The fraction of sp³-hybridized carbons (Fsp3) is 0. The minimum Gasteiger partial charge on any atom is -0.338 e. The third kappa shape index (κ3) is 3.26. The van der Waals surface area contributed by atoms with Gasteiger partial charge in [-0.25, -0.2) is 0 Å². The molecular formula is C16H10ClN3O4. The van der Waals surface area contributed by atoms with E-state index in [0.717, 1.165) is 11.6 Å². The van der Waals surface area contributed by atoms with Crippen LogP contribution in [-0.2, 0) is 0 Å². The summed E-state index contributed by atoms with van der Waals surface area (Å²) in [4.78, 5) is 22.6. The lowest BCUT2D eigenvalue weighted by Gasteiger charge is -2.02. The molecule has 120 valence electrons. The van der Waals surface area contributed by atoms with Gasteiger partial charge < -0.3 is 4.52 Å².